The van der Waals surface area contributed by atoms with Gasteiger partial charge in [0.25, 0.3) is 0 Å². The van der Waals surface area contributed by atoms with Crippen LogP contribution in [0.25, 0.3) is 0 Å². The van der Waals surface area contributed by atoms with E-state index < -0.39 is 6.10 Å². The third kappa shape index (κ3) is 4.59. The van der Waals surface area contributed by atoms with Crippen molar-refractivity contribution in [1.29, 1.82) is 0 Å². The lowest BCUT2D eigenvalue weighted by molar-refractivity contribution is -0.115. The van der Waals surface area contributed by atoms with Crippen LogP contribution in [-0.2, 0) is 17.6 Å². The van der Waals surface area contributed by atoms with E-state index in [1.807, 2.05) is 30.3 Å². The molecule has 0 radical (unpaired) electrons. The van der Waals surface area contributed by atoms with Crippen molar-refractivity contribution in [3.8, 4) is 0 Å². The van der Waals surface area contributed by atoms with Crippen LogP contribution in [0.1, 0.15) is 42.1 Å². The van der Waals surface area contributed by atoms with Crippen molar-refractivity contribution in [2.45, 2.75) is 38.2 Å². The third-order valence-corrected chi connectivity index (χ3v) is 6.00. The number of amides is 1. The zero-order valence-corrected chi connectivity index (χ0v) is 16.0. The highest BCUT2D eigenvalue weighted by Crippen LogP contribution is 2.28. The minimum absolute atomic E-state index is 0.0187. The molecule has 1 amide bonds. The molecule has 1 saturated heterocycles. The molecule has 1 unspecified atom stereocenters. The Labute approximate surface area is 165 Å². The molecule has 5 heteroatoms. The molecule has 2 aliphatic heterocycles. The Morgan fingerprint density at radius 1 is 1.14 bits per heavy atom. The van der Waals surface area contributed by atoms with E-state index in [4.69, 9.17) is 0 Å². The number of benzene rings is 2. The molecule has 0 saturated carbocycles. The second-order valence-corrected chi connectivity index (χ2v) is 8.06. The van der Waals surface area contributed by atoms with E-state index >= 15 is 0 Å². The minimum Gasteiger partial charge on any atom is -0.388 e. The molecule has 2 heterocycles. The number of fused-ring (bicyclic) bond motifs is 1. The summed E-state index contributed by atoms with van der Waals surface area (Å²) in [6, 6.07) is 12.6. The van der Waals surface area contributed by atoms with Crippen LogP contribution in [0, 0.1) is 11.7 Å². The van der Waals surface area contributed by atoms with Crippen LogP contribution in [0.15, 0.2) is 42.5 Å². The summed E-state index contributed by atoms with van der Waals surface area (Å²) in [5.41, 5.74) is 3.94. The summed E-state index contributed by atoms with van der Waals surface area (Å²) in [6.07, 6.45) is 3.89. The van der Waals surface area contributed by atoms with Gasteiger partial charge in [0.2, 0.25) is 5.91 Å². The van der Waals surface area contributed by atoms with E-state index in [1.54, 1.807) is 0 Å². The maximum atomic E-state index is 13.0. The monoisotopic (exact) mass is 382 g/mol. The Bertz CT molecular complexity index is 829. The number of aliphatic hydroxyl groups excluding tert-OH is 1. The lowest BCUT2D eigenvalue weighted by Gasteiger charge is -2.32. The Morgan fingerprint density at radius 3 is 2.64 bits per heavy atom. The molecule has 1 fully saturated rings. The van der Waals surface area contributed by atoms with Gasteiger partial charge in [0, 0.05) is 12.2 Å². The summed E-state index contributed by atoms with van der Waals surface area (Å²) in [4.78, 5) is 13.9. The Balaban J connectivity index is 1.22. The van der Waals surface area contributed by atoms with Gasteiger partial charge in [0.1, 0.15) is 5.82 Å². The van der Waals surface area contributed by atoms with E-state index in [9.17, 15) is 14.3 Å². The van der Waals surface area contributed by atoms with Crippen molar-refractivity contribution < 1.29 is 14.3 Å². The maximum Gasteiger partial charge on any atom is 0.228 e. The zero-order chi connectivity index (χ0) is 19.5. The number of likely N-dealkylation sites (tertiary alicyclic amines) is 1. The molecule has 0 aromatic heterocycles. The van der Waals surface area contributed by atoms with Crippen molar-refractivity contribution in [1.82, 2.24) is 4.90 Å². The number of rotatable bonds is 6. The number of hydrogen-bond acceptors (Lipinski definition) is 3. The van der Waals surface area contributed by atoms with Gasteiger partial charge in [-0.3, -0.25) is 4.79 Å². The van der Waals surface area contributed by atoms with Crippen molar-refractivity contribution in [3.05, 3.63) is 65.0 Å². The van der Waals surface area contributed by atoms with Crippen molar-refractivity contribution in [2.24, 2.45) is 5.92 Å². The quantitative estimate of drug-likeness (QED) is 0.801. The average Bonchev–Trinajstić information content (AvgIpc) is 3.08. The molecular formula is C23H27FN2O2. The SMILES string of the molecule is O=C1Cc2cc(C(O)CCN3CCC(Cc4ccc(F)cc4)CC3)ccc2N1. The first-order chi connectivity index (χ1) is 13.6. The van der Waals surface area contributed by atoms with Crippen LogP contribution in [-0.4, -0.2) is 35.5 Å². The number of halogens is 1. The number of carbonyl (C=O) groups is 1. The molecule has 28 heavy (non-hydrogen) atoms. The first-order valence-electron chi connectivity index (χ1n) is 10.1. The van der Waals surface area contributed by atoms with Gasteiger partial charge in [-0.25, -0.2) is 4.39 Å². The fraction of sp³-hybridized carbons (Fsp3) is 0.435. The first kappa shape index (κ1) is 19.1. The molecule has 0 bridgehead atoms. The second kappa shape index (κ2) is 8.41. The summed E-state index contributed by atoms with van der Waals surface area (Å²) in [6.45, 7) is 2.96. The molecule has 148 valence electrons. The highest BCUT2D eigenvalue weighted by Gasteiger charge is 2.22. The summed E-state index contributed by atoms with van der Waals surface area (Å²) >= 11 is 0. The third-order valence-electron chi connectivity index (χ3n) is 6.00. The molecule has 0 aliphatic carbocycles. The Morgan fingerprint density at radius 2 is 1.89 bits per heavy atom. The Hall–Kier alpha value is -2.24. The smallest absolute Gasteiger partial charge is 0.228 e. The molecule has 0 spiro atoms. The Kier molecular flexibility index (Phi) is 5.74. The van der Waals surface area contributed by atoms with E-state index in [1.165, 1.54) is 17.7 Å². The van der Waals surface area contributed by atoms with Crippen molar-refractivity contribution >= 4 is 11.6 Å². The van der Waals surface area contributed by atoms with E-state index in [0.717, 1.165) is 55.7 Å². The van der Waals surface area contributed by atoms with E-state index in [-0.39, 0.29) is 11.7 Å². The highest BCUT2D eigenvalue weighted by atomic mass is 19.1. The number of anilines is 1. The molecule has 2 N–H and O–H groups in total. The van der Waals surface area contributed by atoms with Gasteiger partial charge in [-0.2, -0.15) is 0 Å². The van der Waals surface area contributed by atoms with E-state index in [2.05, 4.69) is 10.2 Å². The van der Waals surface area contributed by atoms with Gasteiger partial charge in [-0.1, -0.05) is 24.3 Å². The molecule has 2 aliphatic rings. The van der Waals surface area contributed by atoms with Gasteiger partial charge in [-0.05, 0) is 79.6 Å². The number of aliphatic hydroxyl groups is 1. The van der Waals surface area contributed by atoms with Crippen LogP contribution in [0.5, 0.6) is 0 Å². The van der Waals surface area contributed by atoms with Crippen LogP contribution in [0.3, 0.4) is 0 Å². The highest BCUT2D eigenvalue weighted by molar-refractivity contribution is 5.99. The van der Waals surface area contributed by atoms with E-state index in [0.29, 0.717) is 18.8 Å². The fourth-order valence-corrected chi connectivity index (χ4v) is 4.30. The number of carbonyl (C=O) groups excluding carboxylic acids is 1. The number of piperidine rings is 1. The molecule has 4 rings (SSSR count). The first-order valence-corrected chi connectivity index (χ1v) is 10.1. The van der Waals surface area contributed by atoms with Gasteiger partial charge in [-0.15, -0.1) is 0 Å². The van der Waals surface area contributed by atoms with Gasteiger partial charge < -0.3 is 15.3 Å². The molecular weight excluding hydrogens is 355 g/mol. The predicted molar refractivity (Wildman–Crippen MR) is 108 cm³/mol. The molecule has 2 aromatic rings. The second-order valence-electron chi connectivity index (χ2n) is 8.06. The van der Waals surface area contributed by atoms with Gasteiger partial charge >= 0.3 is 0 Å². The standard InChI is InChI=1S/C23H27FN2O2/c24-20-4-1-16(2-5-20)13-17-7-10-26(11-8-17)12-9-22(27)18-3-6-21-19(14-18)15-23(28)25-21/h1-6,14,17,22,27H,7-13,15H2,(H,25,28). The largest absolute Gasteiger partial charge is 0.388 e. The van der Waals surface area contributed by atoms with Crippen molar-refractivity contribution in [3.63, 3.8) is 0 Å². The maximum absolute atomic E-state index is 13.0. The molecule has 2 aromatic carbocycles. The topological polar surface area (TPSA) is 52.6 Å². The van der Waals surface area contributed by atoms with Gasteiger partial charge in [0.15, 0.2) is 0 Å². The van der Waals surface area contributed by atoms with Crippen LogP contribution >= 0.6 is 0 Å². The number of nitrogens with zero attached hydrogens (tertiary/aromatic N) is 1. The van der Waals surface area contributed by atoms with Crippen LogP contribution in [0.4, 0.5) is 10.1 Å². The normalized spacial score (nSPS) is 18.7. The summed E-state index contributed by atoms with van der Waals surface area (Å²) in [5.74, 6) is 0.488. The minimum atomic E-state index is -0.502. The summed E-state index contributed by atoms with van der Waals surface area (Å²) < 4.78 is 13.0. The fourth-order valence-electron chi connectivity index (χ4n) is 4.30. The van der Waals surface area contributed by atoms with Crippen LogP contribution < -0.4 is 5.32 Å². The lowest BCUT2D eigenvalue weighted by Crippen LogP contribution is -2.35. The average molecular weight is 382 g/mol. The summed E-state index contributed by atoms with van der Waals surface area (Å²) in [5, 5.41) is 13.4. The molecule has 1 atom stereocenters. The number of hydrogen-bond donors (Lipinski definition) is 2. The summed E-state index contributed by atoms with van der Waals surface area (Å²) in [7, 11) is 0. The lowest BCUT2D eigenvalue weighted by atomic mass is 9.90. The van der Waals surface area contributed by atoms with Gasteiger partial charge in [0.05, 0.1) is 12.5 Å². The molecule has 4 nitrogen and oxygen atoms in total. The van der Waals surface area contributed by atoms with Crippen LogP contribution in [0.2, 0.25) is 0 Å². The zero-order valence-electron chi connectivity index (χ0n) is 16.0. The predicted octanol–water partition coefficient (Wildman–Crippen LogP) is 3.70. The number of nitrogens with one attached hydrogen (secondary N) is 1. The van der Waals surface area contributed by atoms with Crippen molar-refractivity contribution in [2.75, 3.05) is 25.0 Å².